The fraction of sp³-hybridized carbons (Fsp3) is 0.500. The highest BCUT2D eigenvalue weighted by Gasteiger charge is 2.23. The van der Waals surface area contributed by atoms with Gasteiger partial charge in [0.05, 0.1) is 5.75 Å². The molecular weight excluding hydrogens is 320 g/mol. The molecule has 0 saturated carbocycles. The maximum Gasteiger partial charge on any atom is 0.233 e. The van der Waals surface area contributed by atoms with E-state index in [1.165, 1.54) is 29.3 Å². The van der Waals surface area contributed by atoms with Crippen LogP contribution in [0.1, 0.15) is 37.3 Å². The maximum atomic E-state index is 12.5. The predicted molar refractivity (Wildman–Crippen MR) is 96.6 cm³/mol. The number of hydrogen-bond acceptors (Lipinski definition) is 4. The SMILES string of the molecule is Cc1ccc(-n2cnnc2SCC(=O)N2CCCCC2C)cc1C. The second kappa shape index (κ2) is 7.38. The normalized spacial score (nSPS) is 18.0. The molecule has 1 aliphatic heterocycles. The predicted octanol–water partition coefficient (Wildman–Crippen LogP) is 3.38. The highest BCUT2D eigenvalue weighted by Crippen LogP contribution is 2.23. The van der Waals surface area contributed by atoms with Crippen molar-refractivity contribution in [1.82, 2.24) is 19.7 Å². The minimum Gasteiger partial charge on any atom is -0.339 e. The average molecular weight is 344 g/mol. The molecule has 0 aliphatic carbocycles. The third kappa shape index (κ3) is 3.64. The Morgan fingerprint density at radius 1 is 1.29 bits per heavy atom. The Morgan fingerprint density at radius 2 is 2.12 bits per heavy atom. The molecule has 0 bridgehead atoms. The lowest BCUT2D eigenvalue weighted by Crippen LogP contribution is -2.42. The van der Waals surface area contributed by atoms with Crippen molar-refractivity contribution in [3.05, 3.63) is 35.7 Å². The van der Waals surface area contributed by atoms with Gasteiger partial charge in [-0.05, 0) is 63.3 Å². The Hall–Kier alpha value is -1.82. The van der Waals surface area contributed by atoms with Gasteiger partial charge in [0.2, 0.25) is 5.91 Å². The van der Waals surface area contributed by atoms with Crippen LogP contribution in [0.15, 0.2) is 29.7 Å². The van der Waals surface area contributed by atoms with Crippen LogP contribution in [0.25, 0.3) is 5.69 Å². The summed E-state index contributed by atoms with van der Waals surface area (Å²) in [5, 5.41) is 8.97. The molecule has 128 valence electrons. The molecule has 1 aromatic heterocycles. The smallest absolute Gasteiger partial charge is 0.233 e. The van der Waals surface area contributed by atoms with Crippen LogP contribution >= 0.6 is 11.8 Å². The number of amides is 1. The third-order valence-electron chi connectivity index (χ3n) is 4.73. The Labute approximate surface area is 147 Å². The van der Waals surface area contributed by atoms with Crippen molar-refractivity contribution >= 4 is 17.7 Å². The highest BCUT2D eigenvalue weighted by molar-refractivity contribution is 7.99. The van der Waals surface area contributed by atoms with Gasteiger partial charge >= 0.3 is 0 Å². The minimum absolute atomic E-state index is 0.196. The highest BCUT2D eigenvalue weighted by atomic mass is 32.2. The van der Waals surface area contributed by atoms with E-state index in [-0.39, 0.29) is 5.91 Å². The lowest BCUT2D eigenvalue weighted by Gasteiger charge is -2.33. The first-order chi connectivity index (χ1) is 11.6. The molecule has 2 aromatic rings. The van der Waals surface area contributed by atoms with Crippen molar-refractivity contribution in [2.45, 2.75) is 51.2 Å². The van der Waals surface area contributed by atoms with Gasteiger partial charge in [-0.1, -0.05) is 17.8 Å². The second-order valence-corrected chi connectivity index (χ2v) is 7.42. The fourth-order valence-electron chi connectivity index (χ4n) is 3.05. The number of hydrogen-bond donors (Lipinski definition) is 0. The number of aromatic nitrogens is 3. The van der Waals surface area contributed by atoms with E-state index in [2.05, 4.69) is 49.2 Å². The molecule has 1 saturated heterocycles. The molecule has 0 spiro atoms. The number of carbonyl (C=O) groups is 1. The number of likely N-dealkylation sites (tertiary alicyclic amines) is 1. The van der Waals surface area contributed by atoms with Gasteiger partial charge in [0, 0.05) is 18.3 Å². The Kier molecular flexibility index (Phi) is 5.23. The minimum atomic E-state index is 0.196. The van der Waals surface area contributed by atoms with Gasteiger partial charge in [-0.15, -0.1) is 10.2 Å². The summed E-state index contributed by atoms with van der Waals surface area (Å²) in [6.45, 7) is 7.21. The molecule has 6 heteroatoms. The van der Waals surface area contributed by atoms with E-state index in [1.54, 1.807) is 6.33 Å². The maximum absolute atomic E-state index is 12.5. The number of thioether (sulfide) groups is 1. The number of carbonyl (C=O) groups excluding carboxylic acids is 1. The van der Waals surface area contributed by atoms with E-state index >= 15 is 0 Å². The van der Waals surface area contributed by atoms with Crippen molar-refractivity contribution < 1.29 is 4.79 Å². The molecule has 2 heterocycles. The number of piperidine rings is 1. The number of rotatable bonds is 4. The average Bonchev–Trinajstić information content (AvgIpc) is 3.04. The van der Waals surface area contributed by atoms with Gasteiger partial charge in [0.15, 0.2) is 5.16 Å². The van der Waals surface area contributed by atoms with E-state index in [4.69, 9.17) is 0 Å². The van der Waals surface area contributed by atoms with E-state index in [9.17, 15) is 4.79 Å². The molecule has 1 aliphatic rings. The topological polar surface area (TPSA) is 51.0 Å². The monoisotopic (exact) mass is 344 g/mol. The second-order valence-electron chi connectivity index (χ2n) is 6.47. The summed E-state index contributed by atoms with van der Waals surface area (Å²) >= 11 is 1.46. The number of aryl methyl sites for hydroxylation is 2. The molecule has 0 N–H and O–H groups in total. The lowest BCUT2D eigenvalue weighted by atomic mass is 10.0. The Bertz CT molecular complexity index is 728. The summed E-state index contributed by atoms with van der Waals surface area (Å²) in [7, 11) is 0. The standard InChI is InChI=1S/C18H24N4OS/c1-13-7-8-16(10-14(13)2)22-12-19-20-18(22)24-11-17(23)21-9-5-4-6-15(21)3/h7-8,10,12,15H,4-6,9,11H2,1-3H3. The first kappa shape index (κ1) is 17.0. The quantitative estimate of drug-likeness (QED) is 0.798. The van der Waals surface area contributed by atoms with Gasteiger partial charge < -0.3 is 4.90 Å². The Morgan fingerprint density at radius 3 is 2.88 bits per heavy atom. The van der Waals surface area contributed by atoms with Crippen molar-refractivity contribution in [3.63, 3.8) is 0 Å². The Balaban J connectivity index is 1.69. The van der Waals surface area contributed by atoms with Gasteiger partial charge in [0.25, 0.3) is 0 Å². The summed E-state index contributed by atoms with van der Waals surface area (Å²) < 4.78 is 1.95. The summed E-state index contributed by atoms with van der Waals surface area (Å²) in [5.74, 6) is 0.607. The zero-order valence-electron chi connectivity index (χ0n) is 14.5. The van der Waals surface area contributed by atoms with Crippen molar-refractivity contribution in [1.29, 1.82) is 0 Å². The molecule has 5 nitrogen and oxygen atoms in total. The van der Waals surface area contributed by atoms with E-state index in [0.717, 1.165) is 30.2 Å². The molecule has 24 heavy (non-hydrogen) atoms. The zero-order chi connectivity index (χ0) is 17.1. The van der Waals surface area contributed by atoms with Crippen LogP contribution in [-0.2, 0) is 4.79 Å². The van der Waals surface area contributed by atoms with Crippen LogP contribution in [0.3, 0.4) is 0 Å². The number of nitrogens with zero attached hydrogens (tertiary/aromatic N) is 4. The zero-order valence-corrected chi connectivity index (χ0v) is 15.3. The molecule has 0 radical (unpaired) electrons. The van der Waals surface area contributed by atoms with Crippen LogP contribution in [-0.4, -0.2) is 43.9 Å². The van der Waals surface area contributed by atoms with E-state index in [0.29, 0.717) is 11.8 Å². The molecular formula is C18H24N4OS. The van der Waals surface area contributed by atoms with Crippen LogP contribution in [0.5, 0.6) is 0 Å². The number of benzene rings is 1. The molecule has 1 atom stereocenters. The van der Waals surface area contributed by atoms with Crippen LogP contribution in [0, 0.1) is 13.8 Å². The van der Waals surface area contributed by atoms with Crippen LogP contribution in [0.4, 0.5) is 0 Å². The first-order valence-electron chi connectivity index (χ1n) is 8.46. The summed E-state index contributed by atoms with van der Waals surface area (Å²) in [6.07, 6.45) is 5.15. The van der Waals surface area contributed by atoms with E-state index in [1.807, 2.05) is 9.47 Å². The van der Waals surface area contributed by atoms with Gasteiger partial charge in [-0.3, -0.25) is 9.36 Å². The van der Waals surface area contributed by atoms with Crippen molar-refractivity contribution in [3.8, 4) is 5.69 Å². The largest absolute Gasteiger partial charge is 0.339 e. The van der Waals surface area contributed by atoms with Crippen LogP contribution in [0.2, 0.25) is 0 Å². The third-order valence-corrected chi connectivity index (χ3v) is 5.66. The molecule has 1 amide bonds. The summed E-state index contributed by atoms with van der Waals surface area (Å²) in [6, 6.07) is 6.63. The molecule has 1 aromatic carbocycles. The van der Waals surface area contributed by atoms with Gasteiger partial charge in [-0.25, -0.2) is 0 Å². The summed E-state index contributed by atoms with van der Waals surface area (Å²) in [5.41, 5.74) is 3.52. The van der Waals surface area contributed by atoms with Crippen molar-refractivity contribution in [2.75, 3.05) is 12.3 Å². The first-order valence-corrected chi connectivity index (χ1v) is 9.44. The lowest BCUT2D eigenvalue weighted by molar-refractivity contribution is -0.131. The molecule has 1 unspecified atom stereocenters. The van der Waals surface area contributed by atoms with Gasteiger partial charge in [-0.2, -0.15) is 0 Å². The fourth-order valence-corrected chi connectivity index (χ4v) is 3.87. The summed E-state index contributed by atoms with van der Waals surface area (Å²) in [4.78, 5) is 14.5. The van der Waals surface area contributed by atoms with Crippen LogP contribution < -0.4 is 0 Å². The molecule has 3 rings (SSSR count). The molecule has 1 fully saturated rings. The van der Waals surface area contributed by atoms with Gasteiger partial charge in [0.1, 0.15) is 6.33 Å². The van der Waals surface area contributed by atoms with Crippen molar-refractivity contribution in [2.24, 2.45) is 0 Å². The van der Waals surface area contributed by atoms with E-state index < -0.39 is 0 Å².